The first-order chi connectivity index (χ1) is 7.03. The molecule has 1 aromatic rings. The molecule has 1 unspecified atom stereocenters. The average molecular weight is 202 g/mol. The van der Waals surface area contributed by atoms with Gasteiger partial charge in [0.05, 0.1) is 5.56 Å². The maximum Gasteiger partial charge on any atom is 0.339 e. The molecular weight excluding hydrogens is 188 g/mol. The van der Waals surface area contributed by atoms with E-state index in [9.17, 15) is 4.79 Å². The summed E-state index contributed by atoms with van der Waals surface area (Å²) < 4.78 is 5.42. The molecule has 1 heterocycles. The molecule has 0 amide bonds. The zero-order chi connectivity index (χ0) is 11.1. The lowest BCUT2D eigenvalue weighted by Crippen LogP contribution is -2.39. The number of carbonyl (C=O) groups is 1. The van der Waals surface area contributed by atoms with Crippen molar-refractivity contribution in [2.24, 2.45) is 0 Å². The van der Waals surface area contributed by atoms with Gasteiger partial charge in [0.1, 0.15) is 5.60 Å². The number of hydrogen-bond donors (Lipinski definition) is 0. The van der Waals surface area contributed by atoms with Gasteiger partial charge < -0.3 is 4.74 Å². The van der Waals surface area contributed by atoms with Crippen molar-refractivity contribution in [2.75, 3.05) is 0 Å². The zero-order valence-electron chi connectivity index (χ0n) is 9.04. The lowest BCUT2D eigenvalue weighted by Gasteiger charge is -2.34. The van der Waals surface area contributed by atoms with Gasteiger partial charge in [-0.05, 0) is 31.1 Å². The molecule has 1 atom stereocenters. The summed E-state index contributed by atoms with van der Waals surface area (Å²) in [5, 5.41) is 0. The van der Waals surface area contributed by atoms with Crippen molar-refractivity contribution >= 4 is 5.97 Å². The zero-order valence-corrected chi connectivity index (χ0v) is 9.04. The molecule has 1 aliphatic rings. The summed E-state index contributed by atoms with van der Waals surface area (Å²) in [5.41, 5.74) is 2.05. The molecule has 1 aliphatic heterocycles. The summed E-state index contributed by atoms with van der Waals surface area (Å²) in [4.78, 5) is 11.7. The second-order valence-corrected chi connectivity index (χ2v) is 4.23. The minimum Gasteiger partial charge on any atom is -0.451 e. The molecule has 0 bridgehead atoms. The Morgan fingerprint density at radius 1 is 1.47 bits per heavy atom. The van der Waals surface area contributed by atoms with E-state index in [4.69, 9.17) is 4.74 Å². The Bertz CT molecular complexity index is 434. The minimum atomic E-state index is -0.550. The summed E-state index contributed by atoms with van der Waals surface area (Å²) in [6.07, 6.45) is 0.713. The van der Waals surface area contributed by atoms with Crippen LogP contribution in [-0.2, 0) is 11.2 Å². The largest absolute Gasteiger partial charge is 0.451 e. The Morgan fingerprint density at radius 2 is 2.13 bits per heavy atom. The summed E-state index contributed by atoms with van der Waals surface area (Å²) in [7, 11) is 0. The van der Waals surface area contributed by atoms with Crippen molar-refractivity contribution in [3.8, 4) is 0 Å². The molecule has 2 rings (SSSR count). The third kappa shape index (κ3) is 1.56. The first kappa shape index (κ1) is 9.97. The van der Waals surface area contributed by atoms with E-state index in [0.29, 0.717) is 12.0 Å². The lowest BCUT2D eigenvalue weighted by molar-refractivity contribution is 0.00119. The van der Waals surface area contributed by atoms with Crippen LogP contribution in [0.25, 0.3) is 0 Å². The Balaban J connectivity index is 2.47. The van der Waals surface area contributed by atoms with E-state index in [1.807, 2.05) is 32.0 Å². The maximum atomic E-state index is 11.7. The highest BCUT2D eigenvalue weighted by Crippen LogP contribution is 2.32. The van der Waals surface area contributed by atoms with Crippen LogP contribution >= 0.6 is 0 Å². The molecule has 2 nitrogen and oxygen atoms in total. The van der Waals surface area contributed by atoms with Gasteiger partial charge in [-0.15, -0.1) is 0 Å². The van der Waals surface area contributed by atoms with Gasteiger partial charge in [0.15, 0.2) is 0 Å². The number of benzene rings is 1. The molecule has 15 heavy (non-hydrogen) atoms. The molecule has 0 saturated carbocycles. The number of carbonyl (C=O) groups excluding carboxylic acids is 1. The number of ether oxygens (including phenoxy) is 1. The van der Waals surface area contributed by atoms with Crippen LogP contribution in [0.1, 0.15) is 29.8 Å². The molecule has 78 valence electrons. The van der Waals surface area contributed by atoms with Crippen molar-refractivity contribution in [3.63, 3.8) is 0 Å². The molecule has 0 fully saturated rings. The maximum absolute atomic E-state index is 11.7. The van der Waals surface area contributed by atoms with Crippen LogP contribution in [0.5, 0.6) is 0 Å². The number of rotatable bonds is 1. The Hall–Kier alpha value is -1.57. The summed E-state index contributed by atoms with van der Waals surface area (Å²) in [5.74, 6) is -0.248. The van der Waals surface area contributed by atoms with E-state index >= 15 is 0 Å². The number of cyclic esters (lactones) is 1. The third-order valence-electron chi connectivity index (χ3n) is 2.99. The topological polar surface area (TPSA) is 26.3 Å². The first-order valence-corrected chi connectivity index (χ1v) is 5.00. The van der Waals surface area contributed by atoms with Crippen molar-refractivity contribution in [1.29, 1.82) is 0 Å². The smallest absolute Gasteiger partial charge is 0.339 e. The standard InChI is InChI=1S/C13H14O2/c1-9(2)13(3)8-10-6-4-5-7-11(10)12(14)15-13/h4-7H,1,8H2,2-3H3. The van der Waals surface area contributed by atoms with Crippen LogP contribution in [0.3, 0.4) is 0 Å². The van der Waals surface area contributed by atoms with Gasteiger partial charge in [-0.25, -0.2) is 4.79 Å². The molecule has 0 radical (unpaired) electrons. The van der Waals surface area contributed by atoms with Crippen LogP contribution in [0.2, 0.25) is 0 Å². The van der Waals surface area contributed by atoms with E-state index in [2.05, 4.69) is 6.58 Å². The number of fused-ring (bicyclic) bond motifs is 1. The Labute approximate surface area is 89.6 Å². The number of hydrogen-bond acceptors (Lipinski definition) is 2. The fourth-order valence-electron chi connectivity index (χ4n) is 1.77. The average Bonchev–Trinajstić information content (AvgIpc) is 2.17. The van der Waals surface area contributed by atoms with Gasteiger partial charge in [0, 0.05) is 6.42 Å². The van der Waals surface area contributed by atoms with Crippen molar-refractivity contribution in [3.05, 3.63) is 47.5 Å². The van der Waals surface area contributed by atoms with Crippen LogP contribution in [0.15, 0.2) is 36.4 Å². The Kier molecular flexibility index (Phi) is 2.14. The lowest BCUT2D eigenvalue weighted by atomic mass is 9.86. The van der Waals surface area contributed by atoms with Crippen molar-refractivity contribution < 1.29 is 9.53 Å². The predicted molar refractivity (Wildman–Crippen MR) is 58.8 cm³/mol. The van der Waals surface area contributed by atoms with Crippen LogP contribution in [0, 0.1) is 0 Å². The van der Waals surface area contributed by atoms with Crippen molar-refractivity contribution in [1.82, 2.24) is 0 Å². The van der Waals surface area contributed by atoms with E-state index in [1.165, 1.54) is 0 Å². The second kappa shape index (κ2) is 3.23. The van der Waals surface area contributed by atoms with Crippen molar-refractivity contribution in [2.45, 2.75) is 25.9 Å². The van der Waals surface area contributed by atoms with Crippen LogP contribution in [-0.4, -0.2) is 11.6 Å². The minimum absolute atomic E-state index is 0.248. The van der Waals surface area contributed by atoms with Gasteiger partial charge in [-0.1, -0.05) is 24.8 Å². The molecule has 0 saturated heterocycles. The molecule has 0 spiro atoms. The second-order valence-electron chi connectivity index (χ2n) is 4.23. The summed E-state index contributed by atoms with van der Waals surface area (Å²) in [6, 6.07) is 7.56. The Morgan fingerprint density at radius 3 is 2.80 bits per heavy atom. The van der Waals surface area contributed by atoms with Gasteiger partial charge in [0.25, 0.3) is 0 Å². The van der Waals surface area contributed by atoms with Gasteiger partial charge in [0.2, 0.25) is 0 Å². The van der Waals surface area contributed by atoms with Gasteiger partial charge in [-0.3, -0.25) is 0 Å². The molecule has 0 aliphatic carbocycles. The van der Waals surface area contributed by atoms with Gasteiger partial charge >= 0.3 is 5.97 Å². The highest BCUT2D eigenvalue weighted by Gasteiger charge is 2.36. The van der Waals surface area contributed by atoms with E-state index in [0.717, 1.165) is 11.1 Å². The summed E-state index contributed by atoms with van der Waals surface area (Å²) >= 11 is 0. The fraction of sp³-hybridized carbons (Fsp3) is 0.308. The quantitative estimate of drug-likeness (QED) is 0.517. The predicted octanol–water partition coefficient (Wildman–Crippen LogP) is 2.73. The molecule has 2 heteroatoms. The number of esters is 1. The summed E-state index contributed by atoms with van der Waals surface area (Å²) in [6.45, 7) is 7.68. The fourth-order valence-corrected chi connectivity index (χ4v) is 1.77. The van der Waals surface area contributed by atoms with Crippen LogP contribution in [0.4, 0.5) is 0 Å². The molecule has 0 N–H and O–H groups in total. The first-order valence-electron chi connectivity index (χ1n) is 5.00. The van der Waals surface area contributed by atoms with E-state index < -0.39 is 5.60 Å². The highest BCUT2D eigenvalue weighted by molar-refractivity contribution is 5.92. The van der Waals surface area contributed by atoms with Gasteiger partial charge in [-0.2, -0.15) is 0 Å². The normalized spacial score (nSPS) is 24.3. The SMILES string of the molecule is C=C(C)C1(C)Cc2ccccc2C(=O)O1. The highest BCUT2D eigenvalue weighted by atomic mass is 16.6. The molecule has 0 aromatic heterocycles. The van der Waals surface area contributed by atoms with Crippen LogP contribution < -0.4 is 0 Å². The van der Waals surface area contributed by atoms with E-state index in [-0.39, 0.29) is 5.97 Å². The third-order valence-corrected chi connectivity index (χ3v) is 2.99. The van der Waals surface area contributed by atoms with E-state index in [1.54, 1.807) is 6.07 Å². The molecule has 1 aromatic carbocycles. The molecular formula is C13H14O2. The monoisotopic (exact) mass is 202 g/mol.